The maximum atomic E-state index is 12.3. The number of aryl methyl sites for hydroxylation is 1. The first-order valence-electron chi connectivity index (χ1n) is 8.69. The predicted octanol–water partition coefficient (Wildman–Crippen LogP) is 2.69. The molecule has 5 nitrogen and oxygen atoms in total. The van der Waals surface area contributed by atoms with Crippen molar-refractivity contribution < 1.29 is 9.53 Å². The Labute approximate surface area is 149 Å². The van der Waals surface area contributed by atoms with Crippen LogP contribution in [0.3, 0.4) is 0 Å². The normalized spacial score (nSPS) is 14.4. The first-order chi connectivity index (χ1) is 12.1. The summed E-state index contributed by atoms with van der Waals surface area (Å²) < 4.78 is 5.65. The molecule has 0 radical (unpaired) electrons. The van der Waals surface area contributed by atoms with Gasteiger partial charge in [-0.05, 0) is 43.3 Å². The fraction of sp³-hybridized carbons (Fsp3) is 0.350. The minimum atomic E-state index is 0.157. The monoisotopic (exact) mass is 339 g/mol. The van der Waals surface area contributed by atoms with Crippen molar-refractivity contribution in [3.63, 3.8) is 0 Å². The highest BCUT2D eigenvalue weighted by atomic mass is 16.5. The Balaban J connectivity index is 1.42. The van der Waals surface area contributed by atoms with Gasteiger partial charge >= 0.3 is 0 Å². The highest BCUT2D eigenvalue weighted by Crippen LogP contribution is 2.18. The third-order valence-electron chi connectivity index (χ3n) is 4.50. The van der Waals surface area contributed by atoms with Crippen molar-refractivity contribution in [3.05, 3.63) is 54.1 Å². The van der Waals surface area contributed by atoms with Gasteiger partial charge in [0.15, 0.2) is 0 Å². The summed E-state index contributed by atoms with van der Waals surface area (Å²) in [6.45, 7) is 5.63. The van der Waals surface area contributed by atoms with E-state index >= 15 is 0 Å². The van der Waals surface area contributed by atoms with Gasteiger partial charge in [-0.3, -0.25) is 4.79 Å². The smallest absolute Gasteiger partial charge is 0.226 e. The van der Waals surface area contributed by atoms with Crippen molar-refractivity contribution in [1.82, 2.24) is 4.90 Å². The maximum absolute atomic E-state index is 12.3. The Morgan fingerprint density at radius 3 is 2.28 bits per heavy atom. The van der Waals surface area contributed by atoms with Gasteiger partial charge in [-0.25, -0.2) is 0 Å². The van der Waals surface area contributed by atoms with E-state index in [0.29, 0.717) is 13.0 Å². The third kappa shape index (κ3) is 4.66. The number of hydrogen-bond donors (Lipinski definition) is 1. The zero-order valence-corrected chi connectivity index (χ0v) is 14.6. The van der Waals surface area contributed by atoms with Gasteiger partial charge in [0, 0.05) is 37.6 Å². The second-order valence-electron chi connectivity index (χ2n) is 6.37. The predicted molar refractivity (Wildman–Crippen MR) is 101 cm³/mol. The van der Waals surface area contributed by atoms with Crippen LogP contribution in [0, 0.1) is 6.92 Å². The number of hydrogen-bond acceptors (Lipinski definition) is 4. The molecule has 1 saturated heterocycles. The number of anilines is 2. The highest BCUT2D eigenvalue weighted by molar-refractivity contribution is 5.76. The zero-order valence-electron chi connectivity index (χ0n) is 14.6. The molecular weight excluding hydrogens is 314 g/mol. The first kappa shape index (κ1) is 17.1. The van der Waals surface area contributed by atoms with E-state index in [-0.39, 0.29) is 5.91 Å². The van der Waals surface area contributed by atoms with Gasteiger partial charge in [0.25, 0.3) is 0 Å². The molecule has 0 bridgehead atoms. The van der Waals surface area contributed by atoms with Crippen LogP contribution in [0.1, 0.15) is 12.0 Å². The quantitative estimate of drug-likeness (QED) is 0.851. The minimum absolute atomic E-state index is 0.157. The van der Waals surface area contributed by atoms with Crippen LogP contribution in [0.25, 0.3) is 0 Å². The number of amides is 1. The number of nitrogens with two attached hydrogens (primary N) is 1. The number of piperazine rings is 1. The fourth-order valence-corrected chi connectivity index (χ4v) is 2.95. The highest BCUT2D eigenvalue weighted by Gasteiger charge is 2.21. The van der Waals surface area contributed by atoms with Crippen molar-refractivity contribution in [2.75, 3.05) is 43.4 Å². The second kappa shape index (κ2) is 7.92. The van der Waals surface area contributed by atoms with Crippen molar-refractivity contribution >= 4 is 17.3 Å². The lowest BCUT2D eigenvalue weighted by Gasteiger charge is -2.36. The Morgan fingerprint density at radius 1 is 1.00 bits per heavy atom. The summed E-state index contributed by atoms with van der Waals surface area (Å²) in [5, 5.41) is 0. The summed E-state index contributed by atoms with van der Waals surface area (Å²) in [5.74, 6) is 0.968. The number of ether oxygens (including phenoxy) is 1. The summed E-state index contributed by atoms with van der Waals surface area (Å²) in [4.78, 5) is 16.5. The van der Waals surface area contributed by atoms with Crippen LogP contribution >= 0.6 is 0 Å². The van der Waals surface area contributed by atoms with E-state index in [9.17, 15) is 4.79 Å². The molecule has 1 fully saturated rings. The summed E-state index contributed by atoms with van der Waals surface area (Å²) in [6.07, 6.45) is 0.412. The van der Waals surface area contributed by atoms with Gasteiger partial charge in [0.05, 0.1) is 13.0 Å². The van der Waals surface area contributed by atoms with Gasteiger partial charge in [0.1, 0.15) is 5.75 Å². The molecule has 25 heavy (non-hydrogen) atoms. The second-order valence-corrected chi connectivity index (χ2v) is 6.37. The average Bonchev–Trinajstić information content (AvgIpc) is 2.64. The number of rotatable bonds is 5. The lowest BCUT2D eigenvalue weighted by Crippen LogP contribution is -2.49. The van der Waals surface area contributed by atoms with E-state index in [1.165, 1.54) is 5.56 Å². The molecule has 2 aromatic rings. The lowest BCUT2D eigenvalue weighted by molar-refractivity contribution is -0.132. The molecule has 1 aliphatic rings. The molecule has 0 atom stereocenters. The molecule has 1 amide bonds. The van der Waals surface area contributed by atoms with Gasteiger partial charge in [-0.1, -0.05) is 17.7 Å². The molecule has 1 heterocycles. The Hall–Kier alpha value is -2.69. The molecule has 0 unspecified atom stereocenters. The van der Waals surface area contributed by atoms with Gasteiger partial charge in [0.2, 0.25) is 5.91 Å². The Kier molecular flexibility index (Phi) is 5.43. The molecule has 0 aromatic heterocycles. The van der Waals surface area contributed by atoms with Gasteiger partial charge < -0.3 is 20.3 Å². The molecule has 0 spiro atoms. The van der Waals surface area contributed by atoms with E-state index in [1.807, 2.05) is 60.4 Å². The molecule has 2 N–H and O–H groups in total. The SMILES string of the molecule is Cc1ccc(OCCC(=O)N2CCN(c3ccc(N)cc3)CC2)cc1. The zero-order chi connectivity index (χ0) is 17.6. The van der Waals surface area contributed by atoms with Crippen LogP contribution in [0.2, 0.25) is 0 Å². The van der Waals surface area contributed by atoms with E-state index in [0.717, 1.165) is 43.3 Å². The van der Waals surface area contributed by atoms with Crippen LogP contribution < -0.4 is 15.4 Å². The molecular formula is C20H25N3O2. The Morgan fingerprint density at radius 2 is 1.64 bits per heavy atom. The van der Waals surface area contributed by atoms with Crippen LogP contribution in [0.4, 0.5) is 11.4 Å². The summed E-state index contributed by atoms with van der Waals surface area (Å²) in [6, 6.07) is 15.8. The first-order valence-corrected chi connectivity index (χ1v) is 8.69. The van der Waals surface area contributed by atoms with E-state index in [1.54, 1.807) is 0 Å². The molecule has 1 aliphatic heterocycles. The summed E-state index contributed by atoms with van der Waals surface area (Å²) in [7, 11) is 0. The van der Waals surface area contributed by atoms with Crippen LogP contribution in [0.5, 0.6) is 5.75 Å². The number of nitrogen functional groups attached to an aromatic ring is 1. The molecule has 132 valence electrons. The number of nitrogens with zero attached hydrogens (tertiary/aromatic N) is 2. The Bertz CT molecular complexity index is 690. The molecule has 5 heteroatoms. The van der Waals surface area contributed by atoms with Crippen LogP contribution in [-0.2, 0) is 4.79 Å². The van der Waals surface area contributed by atoms with E-state index < -0.39 is 0 Å². The average molecular weight is 339 g/mol. The molecule has 0 saturated carbocycles. The molecule has 0 aliphatic carbocycles. The number of carbonyl (C=O) groups is 1. The standard InChI is InChI=1S/C20H25N3O2/c1-16-2-8-19(9-3-16)25-15-10-20(24)23-13-11-22(12-14-23)18-6-4-17(21)5-7-18/h2-9H,10-15,21H2,1H3. The van der Waals surface area contributed by atoms with Crippen molar-refractivity contribution in [2.45, 2.75) is 13.3 Å². The van der Waals surface area contributed by atoms with Gasteiger partial charge in [-0.2, -0.15) is 0 Å². The van der Waals surface area contributed by atoms with Crippen molar-refractivity contribution in [2.24, 2.45) is 0 Å². The number of benzene rings is 2. The van der Waals surface area contributed by atoms with E-state index in [2.05, 4.69) is 4.90 Å². The third-order valence-corrected chi connectivity index (χ3v) is 4.50. The van der Waals surface area contributed by atoms with E-state index in [4.69, 9.17) is 10.5 Å². The summed E-state index contributed by atoms with van der Waals surface area (Å²) in [5.41, 5.74) is 8.85. The maximum Gasteiger partial charge on any atom is 0.226 e. The lowest BCUT2D eigenvalue weighted by atomic mass is 10.2. The minimum Gasteiger partial charge on any atom is -0.493 e. The molecule has 3 rings (SSSR count). The topological polar surface area (TPSA) is 58.8 Å². The number of carbonyl (C=O) groups excluding carboxylic acids is 1. The fourth-order valence-electron chi connectivity index (χ4n) is 2.95. The van der Waals surface area contributed by atoms with Crippen LogP contribution in [-0.4, -0.2) is 43.6 Å². The van der Waals surface area contributed by atoms with Crippen molar-refractivity contribution in [1.29, 1.82) is 0 Å². The van der Waals surface area contributed by atoms with Crippen molar-refractivity contribution in [3.8, 4) is 5.75 Å². The summed E-state index contributed by atoms with van der Waals surface area (Å²) >= 11 is 0. The molecule has 2 aromatic carbocycles. The van der Waals surface area contributed by atoms with Gasteiger partial charge in [-0.15, -0.1) is 0 Å². The largest absolute Gasteiger partial charge is 0.493 e. The van der Waals surface area contributed by atoms with Crippen LogP contribution in [0.15, 0.2) is 48.5 Å².